The van der Waals surface area contributed by atoms with Gasteiger partial charge in [0.2, 0.25) is 0 Å². The number of carbonyl (C=O) groups excluding carboxylic acids is 2. The summed E-state index contributed by atoms with van der Waals surface area (Å²) in [4.78, 5) is 26.0. The Morgan fingerprint density at radius 1 is 1.22 bits per heavy atom. The maximum absolute atomic E-state index is 13.4. The molecule has 0 saturated heterocycles. The Balaban J connectivity index is 1.85. The SMILES string of the molecule is O=C(Nc1c(C(=O)[O-])[nH]c2ccc(F)cc12)NC1CCCCC1. The minimum atomic E-state index is -1.46. The van der Waals surface area contributed by atoms with E-state index in [1.165, 1.54) is 18.2 Å². The van der Waals surface area contributed by atoms with Crippen LogP contribution in [0.1, 0.15) is 42.6 Å². The molecule has 0 bridgehead atoms. The molecule has 0 radical (unpaired) electrons. The fourth-order valence-electron chi connectivity index (χ4n) is 3.03. The van der Waals surface area contributed by atoms with Crippen LogP contribution < -0.4 is 15.7 Å². The van der Waals surface area contributed by atoms with Gasteiger partial charge in [0.25, 0.3) is 0 Å². The molecule has 7 heteroatoms. The predicted octanol–water partition coefficient (Wildman–Crippen LogP) is 2.12. The summed E-state index contributed by atoms with van der Waals surface area (Å²) in [5, 5.41) is 16.9. The molecule has 23 heavy (non-hydrogen) atoms. The number of hydrogen-bond acceptors (Lipinski definition) is 3. The van der Waals surface area contributed by atoms with E-state index < -0.39 is 17.8 Å². The Kier molecular flexibility index (Phi) is 4.18. The van der Waals surface area contributed by atoms with Crippen molar-refractivity contribution in [1.82, 2.24) is 10.3 Å². The third kappa shape index (κ3) is 3.28. The highest BCUT2D eigenvalue weighted by Gasteiger charge is 2.19. The van der Waals surface area contributed by atoms with Gasteiger partial charge in [0.1, 0.15) is 5.82 Å². The molecule has 3 rings (SSSR count). The smallest absolute Gasteiger partial charge is 0.319 e. The number of nitrogens with one attached hydrogen (secondary N) is 3. The summed E-state index contributed by atoms with van der Waals surface area (Å²) in [6, 6.07) is 3.39. The second-order valence-electron chi connectivity index (χ2n) is 5.79. The second-order valence-corrected chi connectivity index (χ2v) is 5.79. The highest BCUT2D eigenvalue weighted by atomic mass is 19.1. The molecule has 3 N–H and O–H groups in total. The standard InChI is InChI=1S/C16H18FN3O3/c17-9-6-7-12-11(8-9)13(14(19-12)15(21)22)20-16(23)18-10-4-2-1-3-5-10/h6-8,10,19H,1-5H2,(H,21,22)(H2,18,20,23)/p-1. The first kappa shape index (κ1) is 15.3. The number of urea groups is 1. The average Bonchev–Trinajstić information content (AvgIpc) is 2.86. The Morgan fingerprint density at radius 2 is 1.96 bits per heavy atom. The van der Waals surface area contributed by atoms with E-state index in [9.17, 15) is 19.1 Å². The number of H-pyrrole nitrogens is 1. The molecular formula is C16H17FN3O3-. The van der Waals surface area contributed by atoms with Crippen molar-refractivity contribution in [1.29, 1.82) is 0 Å². The van der Waals surface area contributed by atoms with Crippen molar-refractivity contribution in [3.8, 4) is 0 Å². The maximum Gasteiger partial charge on any atom is 0.319 e. The van der Waals surface area contributed by atoms with E-state index in [0.29, 0.717) is 10.9 Å². The molecule has 1 fully saturated rings. The molecule has 2 aromatic rings. The zero-order chi connectivity index (χ0) is 16.4. The number of benzene rings is 1. The summed E-state index contributed by atoms with van der Waals surface area (Å²) in [6.07, 6.45) is 5.10. The number of hydrogen-bond donors (Lipinski definition) is 3. The quantitative estimate of drug-likeness (QED) is 0.808. The summed E-state index contributed by atoms with van der Waals surface area (Å²) in [6.45, 7) is 0. The molecule has 1 aromatic carbocycles. The minimum Gasteiger partial charge on any atom is -0.543 e. The van der Waals surface area contributed by atoms with Crippen molar-refractivity contribution < 1.29 is 19.1 Å². The molecule has 0 atom stereocenters. The lowest BCUT2D eigenvalue weighted by atomic mass is 9.96. The number of fused-ring (bicyclic) bond motifs is 1. The number of halogens is 1. The van der Waals surface area contributed by atoms with Gasteiger partial charge in [-0.05, 0) is 31.0 Å². The molecule has 1 aliphatic carbocycles. The van der Waals surface area contributed by atoms with Crippen LogP contribution in [0.2, 0.25) is 0 Å². The van der Waals surface area contributed by atoms with Crippen molar-refractivity contribution in [2.24, 2.45) is 0 Å². The molecule has 1 saturated carbocycles. The van der Waals surface area contributed by atoms with Gasteiger partial charge in [-0.25, -0.2) is 9.18 Å². The highest BCUT2D eigenvalue weighted by Crippen LogP contribution is 2.28. The Morgan fingerprint density at radius 3 is 2.65 bits per heavy atom. The van der Waals surface area contributed by atoms with Crippen LogP contribution in [0.3, 0.4) is 0 Å². The zero-order valence-corrected chi connectivity index (χ0v) is 12.4. The summed E-state index contributed by atoms with van der Waals surface area (Å²) in [5.74, 6) is -1.98. The van der Waals surface area contributed by atoms with Crippen LogP contribution >= 0.6 is 0 Å². The lowest BCUT2D eigenvalue weighted by Crippen LogP contribution is -2.39. The fourth-order valence-corrected chi connectivity index (χ4v) is 3.03. The number of rotatable bonds is 3. The minimum absolute atomic E-state index is 0.0211. The first-order valence-corrected chi connectivity index (χ1v) is 7.64. The number of aromatic amines is 1. The first-order chi connectivity index (χ1) is 11.0. The van der Waals surface area contributed by atoms with E-state index >= 15 is 0 Å². The predicted molar refractivity (Wildman–Crippen MR) is 81.6 cm³/mol. The Bertz CT molecular complexity index is 750. The number of carboxylic acids is 1. The summed E-state index contributed by atoms with van der Waals surface area (Å²) < 4.78 is 13.4. The van der Waals surface area contributed by atoms with Crippen molar-refractivity contribution in [3.05, 3.63) is 29.7 Å². The van der Waals surface area contributed by atoms with Gasteiger partial charge in [-0.15, -0.1) is 0 Å². The van der Waals surface area contributed by atoms with Gasteiger partial charge in [0, 0.05) is 16.9 Å². The molecule has 0 aliphatic heterocycles. The third-order valence-electron chi connectivity index (χ3n) is 4.14. The number of carbonyl (C=O) groups is 2. The summed E-state index contributed by atoms with van der Waals surface area (Å²) in [5.41, 5.74) is 0.163. The summed E-state index contributed by atoms with van der Waals surface area (Å²) >= 11 is 0. The Labute approximate surface area is 132 Å². The molecule has 1 aromatic heterocycles. The van der Waals surface area contributed by atoms with Gasteiger partial charge in [-0.1, -0.05) is 19.3 Å². The molecule has 1 heterocycles. The lowest BCUT2D eigenvalue weighted by molar-refractivity contribution is -0.255. The van der Waals surface area contributed by atoms with E-state index in [1.54, 1.807) is 0 Å². The normalized spacial score (nSPS) is 15.5. The second kappa shape index (κ2) is 6.28. The number of aromatic carboxylic acids is 1. The van der Waals surface area contributed by atoms with Crippen LogP contribution in [0.15, 0.2) is 18.2 Å². The van der Waals surface area contributed by atoms with Crippen molar-refractivity contribution in [2.45, 2.75) is 38.1 Å². The van der Waals surface area contributed by atoms with Crippen LogP contribution in [0.25, 0.3) is 10.9 Å². The Hall–Kier alpha value is -2.57. The average molecular weight is 318 g/mol. The number of aromatic nitrogens is 1. The van der Waals surface area contributed by atoms with Crippen LogP contribution in [-0.4, -0.2) is 23.0 Å². The van der Waals surface area contributed by atoms with Gasteiger partial charge in [0.05, 0.1) is 17.4 Å². The largest absolute Gasteiger partial charge is 0.543 e. The molecule has 122 valence electrons. The van der Waals surface area contributed by atoms with E-state index in [1.807, 2.05) is 0 Å². The molecule has 2 amide bonds. The summed E-state index contributed by atoms with van der Waals surface area (Å²) in [7, 11) is 0. The van der Waals surface area contributed by atoms with Gasteiger partial charge in [-0.2, -0.15) is 0 Å². The van der Waals surface area contributed by atoms with Gasteiger partial charge >= 0.3 is 6.03 Å². The van der Waals surface area contributed by atoms with E-state index in [0.717, 1.165) is 32.1 Å². The molecule has 1 aliphatic rings. The lowest BCUT2D eigenvalue weighted by Gasteiger charge is -2.23. The van der Waals surface area contributed by atoms with Gasteiger partial charge < -0.3 is 25.5 Å². The first-order valence-electron chi connectivity index (χ1n) is 7.64. The van der Waals surface area contributed by atoms with E-state index in [2.05, 4.69) is 15.6 Å². The fraction of sp³-hybridized carbons (Fsp3) is 0.375. The molecular weight excluding hydrogens is 301 g/mol. The molecule has 6 nitrogen and oxygen atoms in total. The van der Waals surface area contributed by atoms with Crippen LogP contribution in [0, 0.1) is 5.82 Å². The molecule has 0 unspecified atom stereocenters. The van der Waals surface area contributed by atoms with Crippen molar-refractivity contribution in [3.63, 3.8) is 0 Å². The van der Waals surface area contributed by atoms with Gasteiger partial charge in [0.15, 0.2) is 0 Å². The van der Waals surface area contributed by atoms with Crippen LogP contribution in [0.5, 0.6) is 0 Å². The molecule has 0 spiro atoms. The number of anilines is 1. The van der Waals surface area contributed by atoms with Crippen LogP contribution in [0.4, 0.5) is 14.9 Å². The van der Waals surface area contributed by atoms with Crippen LogP contribution in [-0.2, 0) is 0 Å². The zero-order valence-electron chi connectivity index (χ0n) is 12.4. The van der Waals surface area contributed by atoms with E-state index in [-0.39, 0.29) is 17.4 Å². The topological polar surface area (TPSA) is 97.1 Å². The number of carboxylic acid groups (broad SMARTS) is 1. The third-order valence-corrected chi connectivity index (χ3v) is 4.14. The highest BCUT2D eigenvalue weighted by molar-refractivity contribution is 6.09. The van der Waals surface area contributed by atoms with Crippen molar-refractivity contribution >= 4 is 28.6 Å². The van der Waals surface area contributed by atoms with E-state index in [4.69, 9.17) is 0 Å². The van der Waals surface area contributed by atoms with Crippen molar-refractivity contribution in [2.75, 3.05) is 5.32 Å². The monoisotopic (exact) mass is 318 g/mol. The number of amides is 2. The maximum atomic E-state index is 13.4. The van der Waals surface area contributed by atoms with Gasteiger partial charge in [-0.3, -0.25) is 0 Å².